The van der Waals surface area contributed by atoms with Crippen molar-refractivity contribution in [3.63, 3.8) is 0 Å². The summed E-state index contributed by atoms with van der Waals surface area (Å²) < 4.78 is 5.49. The van der Waals surface area contributed by atoms with Crippen LogP contribution in [0.5, 0.6) is 0 Å². The molecule has 1 spiro atoms. The quantitative estimate of drug-likeness (QED) is 0.847. The number of carbonyl (C=O) groups is 1. The van der Waals surface area contributed by atoms with Gasteiger partial charge in [0.2, 0.25) is 5.91 Å². The summed E-state index contributed by atoms with van der Waals surface area (Å²) >= 11 is 0. The van der Waals surface area contributed by atoms with Gasteiger partial charge in [0, 0.05) is 38.9 Å². The number of piperidine rings is 1. The second-order valence-electron chi connectivity index (χ2n) is 8.11. The maximum atomic E-state index is 13.4. The molecule has 136 valence electrons. The van der Waals surface area contributed by atoms with E-state index in [2.05, 4.69) is 41.0 Å². The van der Waals surface area contributed by atoms with Crippen LogP contribution in [0.3, 0.4) is 0 Å². The third kappa shape index (κ3) is 3.34. The number of carbonyl (C=O) groups excluding carboxylic acids is 1. The van der Waals surface area contributed by atoms with Gasteiger partial charge < -0.3 is 9.64 Å². The fourth-order valence-corrected chi connectivity index (χ4v) is 4.95. The third-order valence-electron chi connectivity index (χ3n) is 6.49. The van der Waals surface area contributed by atoms with Gasteiger partial charge in [0.05, 0.1) is 5.41 Å². The molecule has 0 unspecified atom stereocenters. The largest absolute Gasteiger partial charge is 0.381 e. The zero-order valence-corrected chi connectivity index (χ0v) is 15.4. The van der Waals surface area contributed by atoms with Crippen molar-refractivity contribution < 1.29 is 9.53 Å². The molecular weight excluding hydrogens is 312 g/mol. The smallest absolute Gasteiger partial charge is 0.230 e. The van der Waals surface area contributed by atoms with E-state index in [-0.39, 0.29) is 5.41 Å². The summed E-state index contributed by atoms with van der Waals surface area (Å²) in [6, 6.07) is 9.02. The molecule has 0 bridgehead atoms. The fraction of sp³-hybridized carbons (Fsp3) is 0.667. The molecule has 4 rings (SSSR count). The van der Waals surface area contributed by atoms with Gasteiger partial charge in [-0.1, -0.05) is 24.3 Å². The van der Waals surface area contributed by atoms with Crippen LogP contribution in [0.15, 0.2) is 24.3 Å². The number of amides is 1. The van der Waals surface area contributed by atoms with Crippen LogP contribution in [0.1, 0.15) is 43.2 Å². The number of ether oxygens (including phenoxy) is 1. The van der Waals surface area contributed by atoms with Crippen molar-refractivity contribution in [3.8, 4) is 0 Å². The van der Waals surface area contributed by atoms with E-state index in [1.807, 2.05) is 0 Å². The second-order valence-corrected chi connectivity index (χ2v) is 8.11. The van der Waals surface area contributed by atoms with E-state index < -0.39 is 0 Å². The molecule has 1 amide bonds. The van der Waals surface area contributed by atoms with Crippen molar-refractivity contribution in [1.29, 1.82) is 0 Å². The van der Waals surface area contributed by atoms with Crippen LogP contribution in [0.2, 0.25) is 0 Å². The number of hydrogen-bond acceptors (Lipinski definition) is 3. The highest BCUT2D eigenvalue weighted by Gasteiger charge is 2.49. The lowest BCUT2D eigenvalue weighted by molar-refractivity contribution is -0.150. The van der Waals surface area contributed by atoms with Gasteiger partial charge in [-0.3, -0.25) is 9.69 Å². The Kier molecular flexibility index (Phi) is 4.83. The molecule has 3 fully saturated rings. The van der Waals surface area contributed by atoms with E-state index >= 15 is 0 Å². The van der Waals surface area contributed by atoms with E-state index in [1.54, 1.807) is 0 Å². The topological polar surface area (TPSA) is 32.8 Å². The van der Waals surface area contributed by atoms with E-state index in [4.69, 9.17) is 4.74 Å². The normalized spacial score (nSPS) is 28.8. The van der Waals surface area contributed by atoms with Crippen molar-refractivity contribution in [3.05, 3.63) is 35.4 Å². The zero-order valence-electron chi connectivity index (χ0n) is 15.4. The molecular formula is C21H30N2O2. The van der Waals surface area contributed by atoms with Crippen molar-refractivity contribution in [2.24, 2.45) is 5.41 Å². The van der Waals surface area contributed by atoms with Crippen LogP contribution in [0, 0.1) is 12.3 Å². The Morgan fingerprint density at radius 3 is 2.76 bits per heavy atom. The summed E-state index contributed by atoms with van der Waals surface area (Å²) in [5.41, 5.74) is 2.62. The van der Waals surface area contributed by atoms with E-state index in [9.17, 15) is 4.79 Å². The molecule has 0 aromatic heterocycles. The highest BCUT2D eigenvalue weighted by molar-refractivity contribution is 5.84. The van der Waals surface area contributed by atoms with Crippen molar-refractivity contribution in [1.82, 2.24) is 9.80 Å². The van der Waals surface area contributed by atoms with Crippen LogP contribution in [0.4, 0.5) is 0 Å². The molecule has 3 aliphatic rings. The molecule has 3 aliphatic heterocycles. The summed E-state index contributed by atoms with van der Waals surface area (Å²) in [4.78, 5) is 18.1. The number of rotatable bonds is 3. The molecule has 4 nitrogen and oxygen atoms in total. The Balaban J connectivity index is 1.45. The highest BCUT2D eigenvalue weighted by atomic mass is 16.5. The summed E-state index contributed by atoms with van der Waals surface area (Å²) in [7, 11) is 0. The predicted molar refractivity (Wildman–Crippen MR) is 98.3 cm³/mol. The van der Waals surface area contributed by atoms with Crippen LogP contribution in [-0.4, -0.2) is 54.6 Å². The molecule has 0 radical (unpaired) electrons. The number of nitrogens with zero attached hydrogens (tertiary/aromatic N) is 2. The summed E-state index contributed by atoms with van der Waals surface area (Å²) in [5.74, 6) is 0.429. The fourth-order valence-electron chi connectivity index (χ4n) is 4.95. The first-order valence-corrected chi connectivity index (χ1v) is 9.84. The molecule has 25 heavy (non-hydrogen) atoms. The van der Waals surface area contributed by atoms with Crippen molar-refractivity contribution in [2.75, 3.05) is 32.8 Å². The Morgan fingerprint density at radius 1 is 1.16 bits per heavy atom. The van der Waals surface area contributed by atoms with Crippen LogP contribution >= 0.6 is 0 Å². The SMILES string of the molecule is Cc1ccccc1CN1CC[C@]2(CCCN(C3CCOCC3)C2=O)C1. The van der Waals surface area contributed by atoms with E-state index in [0.29, 0.717) is 11.9 Å². The average Bonchev–Trinajstić information content (AvgIpc) is 3.04. The highest BCUT2D eigenvalue weighted by Crippen LogP contribution is 2.41. The minimum Gasteiger partial charge on any atom is -0.381 e. The predicted octanol–water partition coefficient (Wildman–Crippen LogP) is 2.99. The lowest BCUT2D eigenvalue weighted by Gasteiger charge is -2.44. The first-order valence-electron chi connectivity index (χ1n) is 9.84. The number of aryl methyl sites for hydroxylation is 1. The van der Waals surface area contributed by atoms with Crippen LogP contribution in [-0.2, 0) is 16.1 Å². The number of likely N-dealkylation sites (tertiary alicyclic amines) is 2. The third-order valence-corrected chi connectivity index (χ3v) is 6.49. The minimum absolute atomic E-state index is 0.126. The van der Waals surface area contributed by atoms with Crippen LogP contribution < -0.4 is 0 Å². The summed E-state index contributed by atoms with van der Waals surface area (Å²) in [5, 5.41) is 0. The summed E-state index contributed by atoms with van der Waals surface area (Å²) in [6.45, 7) is 7.69. The lowest BCUT2D eigenvalue weighted by Crippen LogP contribution is -2.54. The van der Waals surface area contributed by atoms with Gasteiger partial charge in [0.15, 0.2) is 0 Å². The van der Waals surface area contributed by atoms with Crippen molar-refractivity contribution in [2.45, 2.75) is 51.6 Å². The Labute approximate surface area is 151 Å². The number of hydrogen-bond donors (Lipinski definition) is 0. The summed E-state index contributed by atoms with van der Waals surface area (Å²) in [6.07, 6.45) is 5.26. The molecule has 0 saturated carbocycles. The molecule has 1 aromatic rings. The van der Waals surface area contributed by atoms with E-state index in [1.165, 1.54) is 11.1 Å². The molecule has 0 aliphatic carbocycles. The van der Waals surface area contributed by atoms with Gasteiger partial charge in [-0.15, -0.1) is 0 Å². The Morgan fingerprint density at radius 2 is 1.96 bits per heavy atom. The van der Waals surface area contributed by atoms with Gasteiger partial charge >= 0.3 is 0 Å². The average molecular weight is 342 g/mol. The van der Waals surface area contributed by atoms with Crippen molar-refractivity contribution >= 4 is 5.91 Å². The maximum absolute atomic E-state index is 13.4. The van der Waals surface area contributed by atoms with Gasteiger partial charge in [-0.2, -0.15) is 0 Å². The standard InChI is InChI=1S/C21H30N2O2/c1-17-5-2-3-6-18(17)15-22-12-10-21(16-22)9-4-11-23(20(21)24)19-7-13-25-14-8-19/h2-3,5-6,19H,4,7-16H2,1H3/t21-/m1/s1. The lowest BCUT2D eigenvalue weighted by atomic mass is 9.77. The Hall–Kier alpha value is -1.39. The minimum atomic E-state index is -0.126. The number of benzene rings is 1. The molecule has 1 atom stereocenters. The maximum Gasteiger partial charge on any atom is 0.230 e. The Bertz CT molecular complexity index is 626. The first-order chi connectivity index (χ1) is 12.2. The second kappa shape index (κ2) is 7.08. The zero-order chi connectivity index (χ0) is 17.3. The molecule has 1 aromatic carbocycles. The molecule has 0 N–H and O–H groups in total. The monoisotopic (exact) mass is 342 g/mol. The van der Waals surface area contributed by atoms with Crippen LogP contribution in [0.25, 0.3) is 0 Å². The first kappa shape index (κ1) is 17.0. The van der Waals surface area contributed by atoms with Gasteiger partial charge in [0.25, 0.3) is 0 Å². The molecule has 3 heterocycles. The van der Waals surface area contributed by atoms with Gasteiger partial charge in [-0.05, 0) is 56.7 Å². The van der Waals surface area contributed by atoms with Gasteiger partial charge in [-0.25, -0.2) is 0 Å². The van der Waals surface area contributed by atoms with Gasteiger partial charge in [0.1, 0.15) is 0 Å². The molecule has 3 saturated heterocycles. The molecule has 4 heteroatoms. The van der Waals surface area contributed by atoms with E-state index in [0.717, 1.165) is 71.5 Å².